The molecule has 0 bridgehead atoms. The summed E-state index contributed by atoms with van der Waals surface area (Å²) in [5.74, 6) is -0.379. The maximum absolute atomic E-state index is 12.3. The van der Waals surface area contributed by atoms with Crippen LogP contribution in [0.3, 0.4) is 0 Å². The summed E-state index contributed by atoms with van der Waals surface area (Å²) in [4.78, 5) is 25.6. The van der Waals surface area contributed by atoms with Gasteiger partial charge in [0.1, 0.15) is 0 Å². The second-order valence-electron chi connectivity index (χ2n) is 4.76. The van der Waals surface area contributed by atoms with E-state index in [2.05, 4.69) is 5.32 Å². The highest BCUT2D eigenvalue weighted by Crippen LogP contribution is 2.29. The lowest BCUT2D eigenvalue weighted by atomic mass is 9.98. The van der Waals surface area contributed by atoms with Crippen molar-refractivity contribution in [2.75, 3.05) is 19.6 Å². The molecule has 2 amide bonds. The van der Waals surface area contributed by atoms with Crippen LogP contribution in [0.25, 0.3) is 0 Å². The lowest BCUT2D eigenvalue weighted by Gasteiger charge is -2.15. The van der Waals surface area contributed by atoms with Gasteiger partial charge in [-0.05, 0) is 25.1 Å². The molecule has 1 aliphatic rings. The van der Waals surface area contributed by atoms with Crippen LogP contribution in [-0.4, -0.2) is 36.3 Å². The molecule has 1 aromatic rings. The molecular weight excluding hydrogens is 240 g/mol. The molecule has 1 saturated heterocycles. The Kier molecular flexibility index (Phi) is 4.68. The van der Waals surface area contributed by atoms with Crippen molar-refractivity contribution in [2.45, 2.75) is 25.7 Å². The van der Waals surface area contributed by atoms with Gasteiger partial charge in [0.05, 0.1) is 5.92 Å². The number of benzene rings is 1. The topological polar surface area (TPSA) is 49.4 Å². The quantitative estimate of drug-likeness (QED) is 0.623. The number of hydrogen-bond donors (Lipinski definition) is 1. The lowest BCUT2D eigenvalue weighted by Crippen LogP contribution is -2.33. The summed E-state index contributed by atoms with van der Waals surface area (Å²) < 4.78 is 0. The summed E-state index contributed by atoms with van der Waals surface area (Å²) in [7, 11) is 0. The van der Waals surface area contributed by atoms with Crippen LogP contribution in [0.1, 0.15) is 31.2 Å². The molecule has 1 aliphatic heterocycles. The standard InChI is InChI=1S/C15H20N2O2/c1-2-16-9-6-10-17-14(18)11-13(15(17)19)12-7-4-3-5-8-12/h3-5,7-8,13,16H,2,6,9-11H2,1H3. The summed E-state index contributed by atoms with van der Waals surface area (Å²) >= 11 is 0. The van der Waals surface area contributed by atoms with Crippen molar-refractivity contribution in [1.29, 1.82) is 0 Å². The lowest BCUT2D eigenvalue weighted by molar-refractivity contribution is -0.138. The first-order chi connectivity index (χ1) is 9.24. The zero-order valence-corrected chi connectivity index (χ0v) is 11.3. The van der Waals surface area contributed by atoms with Crippen molar-refractivity contribution in [2.24, 2.45) is 0 Å². The molecule has 1 aromatic carbocycles. The third kappa shape index (κ3) is 3.20. The van der Waals surface area contributed by atoms with E-state index in [1.807, 2.05) is 37.3 Å². The van der Waals surface area contributed by atoms with Gasteiger partial charge in [0.2, 0.25) is 11.8 Å². The fourth-order valence-corrected chi connectivity index (χ4v) is 2.40. The van der Waals surface area contributed by atoms with E-state index in [-0.39, 0.29) is 17.7 Å². The molecule has 1 heterocycles. The normalized spacial score (nSPS) is 19.2. The molecule has 1 N–H and O–H groups in total. The van der Waals surface area contributed by atoms with Crippen molar-refractivity contribution < 1.29 is 9.59 Å². The second kappa shape index (κ2) is 6.48. The van der Waals surface area contributed by atoms with Crippen molar-refractivity contribution >= 4 is 11.8 Å². The highest BCUT2D eigenvalue weighted by atomic mass is 16.2. The van der Waals surface area contributed by atoms with E-state index in [1.54, 1.807) is 0 Å². The first kappa shape index (κ1) is 13.7. The Labute approximate surface area is 113 Å². The van der Waals surface area contributed by atoms with Gasteiger partial charge in [-0.15, -0.1) is 0 Å². The minimum atomic E-state index is -0.284. The third-order valence-electron chi connectivity index (χ3n) is 3.43. The predicted octanol–water partition coefficient (Wildman–Crippen LogP) is 1.53. The van der Waals surface area contributed by atoms with Crippen LogP contribution in [0.15, 0.2) is 30.3 Å². The Morgan fingerprint density at radius 1 is 1.26 bits per heavy atom. The van der Waals surface area contributed by atoms with Gasteiger partial charge in [-0.2, -0.15) is 0 Å². The van der Waals surface area contributed by atoms with E-state index in [0.29, 0.717) is 13.0 Å². The first-order valence-electron chi connectivity index (χ1n) is 6.84. The van der Waals surface area contributed by atoms with Crippen molar-refractivity contribution in [3.8, 4) is 0 Å². The number of nitrogens with zero attached hydrogens (tertiary/aromatic N) is 1. The van der Waals surface area contributed by atoms with Gasteiger partial charge < -0.3 is 5.32 Å². The fraction of sp³-hybridized carbons (Fsp3) is 0.467. The number of amides is 2. The number of nitrogens with one attached hydrogen (secondary N) is 1. The van der Waals surface area contributed by atoms with E-state index in [9.17, 15) is 9.59 Å². The number of imide groups is 1. The molecule has 0 saturated carbocycles. The molecule has 1 atom stereocenters. The van der Waals surface area contributed by atoms with E-state index < -0.39 is 0 Å². The van der Waals surface area contributed by atoms with Crippen LogP contribution >= 0.6 is 0 Å². The minimum Gasteiger partial charge on any atom is -0.317 e. The number of hydrogen-bond acceptors (Lipinski definition) is 3. The Morgan fingerprint density at radius 3 is 2.68 bits per heavy atom. The molecule has 4 nitrogen and oxygen atoms in total. The van der Waals surface area contributed by atoms with Crippen molar-refractivity contribution in [1.82, 2.24) is 10.2 Å². The second-order valence-corrected chi connectivity index (χ2v) is 4.76. The first-order valence-corrected chi connectivity index (χ1v) is 6.84. The number of carbonyl (C=O) groups excluding carboxylic acids is 2. The van der Waals surface area contributed by atoms with Crippen LogP contribution in [0.2, 0.25) is 0 Å². The molecule has 1 fully saturated rings. The Balaban J connectivity index is 1.97. The number of likely N-dealkylation sites (tertiary alicyclic amines) is 1. The number of carbonyl (C=O) groups is 2. The van der Waals surface area contributed by atoms with Gasteiger partial charge in [-0.3, -0.25) is 14.5 Å². The summed E-state index contributed by atoms with van der Waals surface area (Å²) in [5, 5.41) is 3.20. The Hall–Kier alpha value is -1.68. The summed E-state index contributed by atoms with van der Waals surface area (Å²) in [5.41, 5.74) is 0.940. The molecule has 0 radical (unpaired) electrons. The molecule has 1 unspecified atom stereocenters. The van der Waals surface area contributed by atoms with E-state index in [1.165, 1.54) is 4.90 Å². The molecule has 2 rings (SSSR count). The average molecular weight is 260 g/mol. The molecule has 0 aliphatic carbocycles. The third-order valence-corrected chi connectivity index (χ3v) is 3.43. The van der Waals surface area contributed by atoms with Gasteiger partial charge in [0, 0.05) is 13.0 Å². The largest absolute Gasteiger partial charge is 0.317 e. The Bertz CT molecular complexity index is 445. The van der Waals surface area contributed by atoms with E-state index >= 15 is 0 Å². The van der Waals surface area contributed by atoms with Gasteiger partial charge in [0.15, 0.2) is 0 Å². The zero-order chi connectivity index (χ0) is 13.7. The maximum Gasteiger partial charge on any atom is 0.237 e. The Morgan fingerprint density at radius 2 is 2.00 bits per heavy atom. The number of rotatable bonds is 6. The van der Waals surface area contributed by atoms with Crippen LogP contribution in [0.5, 0.6) is 0 Å². The molecule has 102 valence electrons. The molecular formula is C15H20N2O2. The van der Waals surface area contributed by atoms with Crippen molar-refractivity contribution in [3.63, 3.8) is 0 Å². The van der Waals surface area contributed by atoms with Gasteiger partial charge in [-0.25, -0.2) is 0 Å². The fourth-order valence-electron chi connectivity index (χ4n) is 2.40. The summed E-state index contributed by atoms with van der Waals surface area (Å²) in [6.07, 6.45) is 1.12. The van der Waals surface area contributed by atoms with Gasteiger partial charge >= 0.3 is 0 Å². The average Bonchev–Trinajstić information content (AvgIpc) is 2.72. The summed E-state index contributed by atoms with van der Waals surface area (Å²) in [6, 6.07) is 9.55. The summed E-state index contributed by atoms with van der Waals surface area (Å²) in [6.45, 7) is 4.31. The molecule has 4 heteroatoms. The molecule has 19 heavy (non-hydrogen) atoms. The molecule has 0 spiro atoms. The van der Waals surface area contributed by atoms with Crippen molar-refractivity contribution in [3.05, 3.63) is 35.9 Å². The maximum atomic E-state index is 12.3. The van der Waals surface area contributed by atoms with Crippen LogP contribution in [-0.2, 0) is 9.59 Å². The van der Waals surface area contributed by atoms with Crippen LogP contribution < -0.4 is 5.32 Å². The SMILES string of the molecule is CCNCCCN1C(=O)CC(c2ccccc2)C1=O. The van der Waals surface area contributed by atoms with Crippen LogP contribution in [0, 0.1) is 0 Å². The molecule has 0 aromatic heterocycles. The predicted molar refractivity (Wildman–Crippen MR) is 73.7 cm³/mol. The monoisotopic (exact) mass is 260 g/mol. The van der Waals surface area contributed by atoms with E-state index in [0.717, 1.165) is 25.1 Å². The van der Waals surface area contributed by atoms with Crippen LogP contribution in [0.4, 0.5) is 0 Å². The highest BCUT2D eigenvalue weighted by molar-refractivity contribution is 6.06. The van der Waals surface area contributed by atoms with Gasteiger partial charge in [0.25, 0.3) is 0 Å². The highest BCUT2D eigenvalue weighted by Gasteiger charge is 2.38. The van der Waals surface area contributed by atoms with Gasteiger partial charge in [-0.1, -0.05) is 37.3 Å². The zero-order valence-electron chi connectivity index (χ0n) is 11.3. The van der Waals surface area contributed by atoms with E-state index in [4.69, 9.17) is 0 Å². The minimum absolute atomic E-state index is 0.0460. The smallest absolute Gasteiger partial charge is 0.237 e.